The van der Waals surface area contributed by atoms with Gasteiger partial charge in [-0.05, 0) is 12.5 Å². The van der Waals surface area contributed by atoms with Crippen molar-refractivity contribution in [3.8, 4) is 17.1 Å². The number of hydrogen-bond donors (Lipinski definition) is 2. The lowest BCUT2D eigenvalue weighted by Crippen LogP contribution is -2.17. The molecule has 2 aromatic rings. The maximum absolute atomic E-state index is 10.6. The molecule has 0 radical (unpaired) electrons. The fraction of sp³-hybridized carbons (Fsp3) is 0.231. The Hall–Kier alpha value is -2.30. The van der Waals surface area contributed by atoms with Gasteiger partial charge in [0, 0.05) is 6.07 Å². The zero-order valence-corrected chi connectivity index (χ0v) is 9.96. The molecule has 0 bridgehead atoms. The number of nitrogens with zero attached hydrogens (tertiary/aromatic N) is 1. The van der Waals surface area contributed by atoms with Crippen molar-refractivity contribution in [3.63, 3.8) is 0 Å². The van der Waals surface area contributed by atoms with E-state index in [9.17, 15) is 4.79 Å². The summed E-state index contributed by atoms with van der Waals surface area (Å²) in [7, 11) is 0. The highest BCUT2D eigenvalue weighted by atomic mass is 16.5. The smallest absolute Gasteiger partial charge is 0.309 e. The molecule has 0 aliphatic heterocycles. The van der Waals surface area contributed by atoms with Gasteiger partial charge in [0.15, 0.2) is 0 Å². The van der Waals surface area contributed by atoms with E-state index in [1.807, 2.05) is 30.3 Å². The zero-order chi connectivity index (χ0) is 13.0. The number of aliphatic carboxylic acids is 1. The molecule has 1 unspecified atom stereocenters. The lowest BCUT2D eigenvalue weighted by molar-refractivity contribution is -0.142. The van der Waals surface area contributed by atoms with Gasteiger partial charge in [-0.15, -0.1) is 5.10 Å². The SMILES string of the molecule is CC(COc1cc(-c2ccccc2)[nH]n1)C(=O)O. The molecule has 2 N–H and O–H groups in total. The van der Waals surface area contributed by atoms with Crippen LogP contribution in [0.25, 0.3) is 11.3 Å². The number of carboxylic acids is 1. The lowest BCUT2D eigenvalue weighted by Gasteiger charge is -2.05. The number of benzene rings is 1. The van der Waals surface area contributed by atoms with Crippen LogP contribution in [0, 0.1) is 5.92 Å². The van der Waals surface area contributed by atoms with Gasteiger partial charge in [-0.2, -0.15) is 0 Å². The highest BCUT2D eigenvalue weighted by Gasteiger charge is 2.12. The standard InChI is InChI=1S/C13H14N2O3/c1-9(13(16)17)8-18-12-7-11(14-15-12)10-5-3-2-4-6-10/h2-7,9H,8H2,1H3,(H,14,15)(H,16,17). The first-order valence-electron chi connectivity index (χ1n) is 5.63. The van der Waals surface area contributed by atoms with Crippen molar-refractivity contribution in [3.05, 3.63) is 36.4 Å². The molecule has 0 aliphatic rings. The van der Waals surface area contributed by atoms with Crippen molar-refractivity contribution in [1.29, 1.82) is 0 Å². The number of carbonyl (C=O) groups is 1. The van der Waals surface area contributed by atoms with Crippen molar-refractivity contribution in [2.24, 2.45) is 5.92 Å². The Bertz CT molecular complexity index is 522. The van der Waals surface area contributed by atoms with Crippen LogP contribution in [-0.2, 0) is 4.79 Å². The van der Waals surface area contributed by atoms with E-state index in [2.05, 4.69) is 10.2 Å². The van der Waals surface area contributed by atoms with Gasteiger partial charge in [0.05, 0.1) is 11.6 Å². The van der Waals surface area contributed by atoms with Crippen molar-refractivity contribution >= 4 is 5.97 Å². The predicted octanol–water partition coefficient (Wildman–Crippen LogP) is 2.18. The molecule has 5 nitrogen and oxygen atoms in total. The first kappa shape index (κ1) is 12.2. The molecule has 94 valence electrons. The van der Waals surface area contributed by atoms with Crippen LogP contribution >= 0.6 is 0 Å². The van der Waals surface area contributed by atoms with Crippen LogP contribution in [0.5, 0.6) is 5.88 Å². The Kier molecular flexibility index (Phi) is 3.62. The van der Waals surface area contributed by atoms with Gasteiger partial charge >= 0.3 is 5.97 Å². The van der Waals surface area contributed by atoms with E-state index in [1.54, 1.807) is 13.0 Å². The van der Waals surface area contributed by atoms with Gasteiger partial charge in [0.25, 0.3) is 0 Å². The first-order chi connectivity index (χ1) is 8.66. The summed E-state index contributed by atoms with van der Waals surface area (Å²) >= 11 is 0. The summed E-state index contributed by atoms with van der Waals surface area (Å²) in [6.45, 7) is 1.70. The fourth-order valence-corrected chi connectivity index (χ4v) is 1.42. The van der Waals surface area contributed by atoms with E-state index in [0.717, 1.165) is 11.3 Å². The largest absolute Gasteiger partial charge is 0.481 e. The molecule has 1 aromatic carbocycles. The molecule has 0 amide bonds. The second kappa shape index (κ2) is 5.35. The van der Waals surface area contributed by atoms with Gasteiger partial charge in [-0.25, -0.2) is 0 Å². The normalized spacial score (nSPS) is 12.1. The quantitative estimate of drug-likeness (QED) is 0.847. The van der Waals surface area contributed by atoms with Gasteiger partial charge in [0.2, 0.25) is 5.88 Å². The van der Waals surface area contributed by atoms with Crippen LogP contribution in [0.1, 0.15) is 6.92 Å². The van der Waals surface area contributed by atoms with E-state index < -0.39 is 11.9 Å². The minimum Gasteiger partial charge on any atom is -0.481 e. The molecule has 2 rings (SSSR count). The second-order valence-corrected chi connectivity index (χ2v) is 4.04. The molecule has 18 heavy (non-hydrogen) atoms. The molecule has 1 heterocycles. The van der Waals surface area contributed by atoms with E-state index >= 15 is 0 Å². The third-order valence-corrected chi connectivity index (χ3v) is 2.54. The van der Waals surface area contributed by atoms with E-state index in [1.165, 1.54) is 0 Å². The summed E-state index contributed by atoms with van der Waals surface area (Å²) in [4.78, 5) is 10.6. The maximum Gasteiger partial charge on any atom is 0.309 e. The Balaban J connectivity index is 2.01. The van der Waals surface area contributed by atoms with Crippen LogP contribution in [0.2, 0.25) is 0 Å². The number of carboxylic acid groups (broad SMARTS) is 1. The number of aromatic amines is 1. The first-order valence-corrected chi connectivity index (χ1v) is 5.63. The van der Waals surface area contributed by atoms with E-state index in [-0.39, 0.29) is 6.61 Å². The van der Waals surface area contributed by atoms with Crippen molar-refractivity contribution in [2.75, 3.05) is 6.61 Å². The van der Waals surface area contributed by atoms with Gasteiger partial charge in [-0.1, -0.05) is 30.3 Å². The number of rotatable bonds is 5. The highest BCUT2D eigenvalue weighted by Crippen LogP contribution is 2.20. The predicted molar refractivity (Wildman–Crippen MR) is 66.3 cm³/mol. The van der Waals surface area contributed by atoms with Crippen molar-refractivity contribution < 1.29 is 14.6 Å². The van der Waals surface area contributed by atoms with Gasteiger partial charge in [-0.3, -0.25) is 9.89 Å². The molecular weight excluding hydrogens is 232 g/mol. The van der Waals surface area contributed by atoms with E-state index in [0.29, 0.717) is 5.88 Å². The van der Waals surface area contributed by atoms with Crippen molar-refractivity contribution in [2.45, 2.75) is 6.92 Å². The van der Waals surface area contributed by atoms with Gasteiger partial charge in [0.1, 0.15) is 6.61 Å². The molecule has 1 atom stereocenters. The van der Waals surface area contributed by atoms with Crippen LogP contribution in [0.4, 0.5) is 0 Å². The maximum atomic E-state index is 10.6. The number of nitrogens with one attached hydrogen (secondary N) is 1. The topological polar surface area (TPSA) is 75.2 Å². The Morgan fingerprint density at radius 1 is 1.44 bits per heavy atom. The molecule has 5 heteroatoms. The minimum atomic E-state index is -0.881. The van der Waals surface area contributed by atoms with Crippen LogP contribution in [-0.4, -0.2) is 27.9 Å². The minimum absolute atomic E-state index is 0.106. The lowest BCUT2D eigenvalue weighted by atomic mass is 10.2. The molecule has 0 fully saturated rings. The summed E-state index contributed by atoms with van der Waals surface area (Å²) in [5.41, 5.74) is 1.85. The van der Waals surface area contributed by atoms with Gasteiger partial charge < -0.3 is 9.84 Å². The molecule has 1 aromatic heterocycles. The third-order valence-electron chi connectivity index (χ3n) is 2.54. The number of hydrogen-bond acceptors (Lipinski definition) is 3. The Morgan fingerprint density at radius 2 is 2.17 bits per heavy atom. The summed E-state index contributed by atoms with van der Waals surface area (Å²) in [5.74, 6) is -1.03. The molecular formula is C13H14N2O3. The third kappa shape index (κ3) is 2.88. The summed E-state index contributed by atoms with van der Waals surface area (Å²) in [5, 5.41) is 15.6. The second-order valence-electron chi connectivity index (χ2n) is 4.04. The van der Waals surface area contributed by atoms with Crippen LogP contribution in [0.3, 0.4) is 0 Å². The summed E-state index contributed by atoms with van der Waals surface area (Å²) < 4.78 is 5.31. The summed E-state index contributed by atoms with van der Waals surface area (Å²) in [6, 6.07) is 11.5. The number of ether oxygens (including phenoxy) is 1. The monoisotopic (exact) mass is 246 g/mol. The van der Waals surface area contributed by atoms with Crippen LogP contribution in [0.15, 0.2) is 36.4 Å². The van der Waals surface area contributed by atoms with Crippen LogP contribution < -0.4 is 4.74 Å². The average molecular weight is 246 g/mol. The number of aromatic nitrogens is 2. The molecule has 0 spiro atoms. The molecule has 0 aliphatic carbocycles. The Morgan fingerprint density at radius 3 is 2.83 bits per heavy atom. The molecule has 0 saturated heterocycles. The fourth-order valence-electron chi connectivity index (χ4n) is 1.42. The zero-order valence-electron chi connectivity index (χ0n) is 9.96. The highest BCUT2D eigenvalue weighted by molar-refractivity contribution is 5.69. The summed E-state index contributed by atoms with van der Waals surface area (Å²) in [6.07, 6.45) is 0. The van der Waals surface area contributed by atoms with E-state index in [4.69, 9.17) is 9.84 Å². The van der Waals surface area contributed by atoms with Crippen molar-refractivity contribution in [1.82, 2.24) is 10.2 Å². The molecule has 0 saturated carbocycles. The number of H-pyrrole nitrogens is 1. The average Bonchev–Trinajstić information content (AvgIpc) is 2.85. The Labute approximate surface area is 104 Å².